The van der Waals surface area contributed by atoms with Gasteiger partial charge >= 0.3 is 0 Å². The highest BCUT2D eigenvalue weighted by molar-refractivity contribution is 7.17. The number of thiophene rings is 1. The molecular weight excluding hydrogens is 332 g/mol. The van der Waals surface area contributed by atoms with E-state index in [4.69, 9.17) is 16.8 Å². The molecule has 7 heteroatoms. The van der Waals surface area contributed by atoms with E-state index < -0.39 is 0 Å². The third-order valence-corrected chi connectivity index (χ3v) is 4.54. The lowest BCUT2D eigenvalue weighted by atomic mass is 10.3. The highest BCUT2D eigenvalue weighted by atomic mass is 35.5. The smallest absolute Gasteiger partial charge is 0.132 e. The van der Waals surface area contributed by atoms with Crippen LogP contribution < -0.4 is 5.32 Å². The highest BCUT2D eigenvalue weighted by Gasteiger charge is 2.08. The van der Waals surface area contributed by atoms with Gasteiger partial charge in [0.2, 0.25) is 0 Å². The van der Waals surface area contributed by atoms with Gasteiger partial charge in [0, 0.05) is 11.2 Å². The number of pyridine rings is 2. The second-order valence-electron chi connectivity index (χ2n) is 4.74. The second kappa shape index (κ2) is 6.76. The highest BCUT2D eigenvalue weighted by Crippen LogP contribution is 2.28. The molecule has 0 spiro atoms. The Bertz CT molecular complexity index is 863. The zero-order chi connectivity index (χ0) is 16.2. The molecule has 2 N–H and O–H groups in total. The summed E-state index contributed by atoms with van der Waals surface area (Å²) in [6, 6.07) is 13.0. The monoisotopic (exact) mass is 344 g/mol. The molecule has 3 aromatic heterocycles. The van der Waals surface area contributed by atoms with Crippen molar-refractivity contribution in [2.75, 3.05) is 5.32 Å². The van der Waals surface area contributed by atoms with E-state index in [1.165, 1.54) is 11.3 Å². The molecule has 3 heterocycles. The molecule has 0 aliphatic heterocycles. The van der Waals surface area contributed by atoms with Crippen molar-refractivity contribution in [3.05, 3.63) is 58.6 Å². The van der Waals surface area contributed by atoms with Crippen molar-refractivity contribution in [3.8, 4) is 10.6 Å². The van der Waals surface area contributed by atoms with Crippen LogP contribution in [0.4, 0.5) is 11.6 Å². The van der Waals surface area contributed by atoms with Crippen LogP contribution in [0.1, 0.15) is 11.8 Å². The van der Waals surface area contributed by atoms with Crippen LogP contribution in [-0.2, 0) is 0 Å². The Morgan fingerprint density at radius 3 is 2.87 bits per heavy atom. The lowest BCUT2D eigenvalue weighted by molar-refractivity contribution is 0.319. The van der Waals surface area contributed by atoms with Gasteiger partial charge in [-0.15, -0.1) is 11.3 Å². The van der Waals surface area contributed by atoms with Crippen LogP contribution in [0.3, 0.4) is 0 Å². The fourth-order valence-corrected chi connectivity index (χ4v) is 3.04. The Hall–Kier alpha value is -2.44. The Kier molecular flexibility index (Phi) is 4.55. The Balaban J connectivity index is 1.86. The minimum Gasteiger partial charge on any atom is -0.411 e. The van der Waals surface area contributed by atoms with E-state index in [2.05, 4.69) is 20.4 Å². The maximum Gasteiger partial charge on any atom is 0.132 e. The van der Waals surface area contributed by atoms with Gasteiger partial charge < -0.3 is 10.5 Å². The summed E-state index contributed by atoms with van der Waals surface area (Å²) in [5.74, 6) is 1.32. The van der Waals surface area contributed by atoms with E-state index >= 15 is 0 Å². The first kappa shape index (κ1) is 15.5. The second-order valence-corrected chi connectivity index (χ2v) is 6.26. The van der Waals surface area contributed by atoms with Crippen LogP contribution in [0.15, 0.2) is 53.8 Å². The standard InChI is InChI=1S/C16H13ClN4OS/c1-10(21-22)13-5-6-14(23-13)12-3-2-4-15(19-12)20-16-9-11(17)7-8-18-16/h2-9,22H,1H3,(H,18,19,20). The van der Waals surface area contributed by atoms with Gasteiger partial charge in [0.15, 0.2) is 0 Å². The number of halogens is 1. The van der Waals surface area contributed by atoms with Crippen molar-refractivity contribution in [1.82, 2.24) is 9.97 Å². The fourth-order valence-electron chi connectivity index (χ4n) is 1.97. The minimum absolute atomic E-state index is 0.582. The molecule has 0 aliphatic carbocycles. The topological polar surface area (TPSA) is 70.4 Å². The first-order valence-electron chi connectivity index (χ1n) is 6.80. The summed E-state index contributed by atoms with van der Waals surface area (Å²) in [7, 11) is 0. The molecule has 0 radical (unpaired) electrons. The zero-order valence-corrected chi connectivity index (χ0v) is 13.8. The maximum atomic E-state index is 8.85. The summed E-state index contributed by atoms with van der Waals surface area (Å²) < 4.78 is 0. The van der Waals surface area contributed by atoms with Crippen molar-refractivity contribution < 1.29 is 5.21 Å². The average molecular weight is 345 g/mol. The molecular formula is C16H13ClN4OS. The van der Waals surface area contributed by atoms with Gasteiger partial charge in [-0.1, -0.05) is 22.8 Å². The van der Waals surface area contributed by atoms with Gasteiger partial charge in [-0.2, -0.15) is 0 Å². The Morgan fingerprint density at radius 2 is 2.09 bits per heavy atom. The van der Waals surface area contributed by atoms with E-state index in [-0.39, 0.29) is 0 Å². The van der Waals surface area contributed by atoms with Gasteiger partial charge in [0.25, 0.3) is 0 Å². The molecule has 23 heavy (non-hydrogen) atoms. The van der Waals surface area contributed by atoms with Gasteiger partial charge in [-0.3, -0.25) is 0 Å². The van der Waals surface area contributed by atoms with Gasteiger partial charge in [-0.25, -0.2) is 9.97 Å². The van der Waals surface area contributed by atoms with Gasteiger partial charge in [0.1, 0.15) is 11.6 Å². The van der Waals surface area contributed by atoms with E-state index in [1.807, 2.05) is 30.3 Å². The fraction of sp³-hybridized carbons (Fsp3) is 0.0625. The summed E-state index contributed by atoms with van der Waals surface area (Å²) >= 11 is 7.47. The molecule has 0 saturated heterocycles. The normalized spacial score (nSPS) is 11.5. The van der Waals surface area contributed by atoms with Crippen LogP contribution in [0.2, 0.25) is 5.02 Å². The molecule has 3 rings (SSSR count). The van der Waals surface area contributed by atoms with E-state index in [0.29, 0.717) is 22.4 Å². The largest absolute Gasteiger partial charge is 0.411 e. The van der Waals surface area contributed by atoms with Gasteiger partial charge in [0.05, 0.1) is 21.2 Å². The van der Waals surface area contributed by atoms with Crippen molar-refractivity contribution in [2.24, 2.45) is 5.16 Å². The third-order valence-electron chi connectivity index (χ3n) is 3.09. The van der Waals surface area contributed by atoms with E-state index in [0.717, 1.165) is 15.4 Å². The van der Waals surface area contributed by atoms with Crippen molar-refractivity contribution in [3.63, 3.8) is 0 Å². The Labute approximate surface area is 142 Å². The predicted octanol–water partition coefficient (Wildman–Crippen LogP) is 4.80. The number of anilines is 2. The van der Waals surface area contributed by atoms with Gasteiger partial charge in [-0.05, 0) is 43.3 Å². The molecule has 0 fully saturated rings. The van der Waals surface area contributed by atoms with E-state index in [1.54, 1.807) is 25.3 Å². The molecule has 0 unspecified atom stereocenters. The summed E-state index contributed by atoms with van der Waals surface area (Å²) in [5.41, 5.74) is 1.41. The Morgan fingerprint density at radius 1 is 1.22 bits per heavy atom. The first-order chi connectivity index (χ1) is 11.2. The minimum atomic E-state index is 0.582. The molecule has 0 aliphatic rings. The summed E-state index contributed by atoms with van der Waals surface area (Å²) in [6.07, 6.45) is 1.64. The van der Waals surface area contributed by atoms with Crippen molar-refractivity contribution in [2.45, 2.75) is 6.92 Å². The molecule has 0 saturated carbocycles. The number of hydrogen-bond donors (Lipinski definition) is 2. The number of hydrogen-bond acceptors (Lipinski definition) is 6. The summed E-state index contributed by atoms with van der Waals surface area (Å²) in [5, 5.41) is 15.8. The molecule has 0 bridgehead atoms. The SMILES string of the molecule is CC(=NO)c1ccc(-c2cccc(Nc3cc(Cl)ccn3)n2)s1. The molecule has 5 nitrogen and oxygen atoms in total. The quantitative estimate of drug-likeness (QED) is 0.405. The number of aromatic nitrogens is 2. The average Bonchev–Trinajstić information content (AvgIpc) is 3.04. The summed E-state index contributed by atoms with van der Waals surface area (Å²) in [6.45, 7) is 1.76. The van der Waals surface area contributed by atoms with Crippen LogP contribution in [0.5, 0.6) is 0 Å². The third kappa shape index (κ3) is 3.67. The molecule has 116 valence electrons. The lowest BCUT2D eigenvalue weighted by Crippen LogP contribution is -1.96. The number of oxime groups is 1. The first-order valence-corrected chi connectivity index (χ1v) is 8.00. The molecule has 0 aromatic carbocycles. The molecule has 3 aromatic rings. The van der Waals surface area contributed by atoms with Crippen molar-refractivity contribution in [1.29, 1.82) is 0 Å². The van der Waals surface area contributed by atoms with Crippen LogP contribution >= 0.6 is 22.9 Å². The predicted molar refractivity (Wildman–Crippen MR) is 94.1 cm³/mol. The molecule has 0 amide bonds. The van der Waals surface area contributed by atoms with Crippen molar-refractivity contribution >= 4 is 40.3 Å². The zero-order valence-electron chi connectivity index (χ0n) is 12.2. The number of nitrogens with one attached hydrogen (secondary N) is 1. The van der Waals surface area contributed by atoms with Crippen LogP contribution in [-0.4, -0.2) is 20.9 Å². The van der Waals surface area contributed by atoms with Crippen LogP contribution in [0, 0.1) is 0 Å². The lowest BCUT2D eigenvalue weighted by Gasteiger charge is -2.06. The maximum absolute atomic E-state index is 8.85. The molecule has 0 atom stereocenters. The number of nitrogens with zero attached hydrogens (tertiary/aromatic N) is 3. The van der Waals surface area contributed by atoms with E-state index in [9.17, 15) is 0 Å². The summed E-state index contributed by atoms with van der Waals surface area (Å²) in [4.78, 5) is 10.7. The number of rotatable bonds is 4. The van der Waals surface area contributed by atoms with Crippen LogP contribution in [0.25, 0.3) is 10.6 Å².